The van der Waals surface area contributed by atoms with Gasteiger partial charge in [0.15, 0.2) is 0 Å². The molecule has 2 N–H and O–H groups in total. The van der Waals surface area contributed by atoms with Crippen LogP contribution in [0.25, 0.3) is 22.0 Å². The highest BCUT2D eigenvalue weighted by molar-refractivity contribution is 7.92. The smallest absolute Gasteiger partial charge is 0.263 e. The van der Waals surface area contributed by atoms with E-state index in [4.69, 9.17) is 4.74 Å². The molecule has 186 valence electrons. The minimum absolute atomic E-state index is 0.0132. The van der Waals surface area contributed by atoms with Crippen molar-refractivity contribution < 1.29 is 17.9 Å². The van der Waals surface area contributed by atoms with Crippen LogP contribution in [0.2, 0.25) is 0 Å². The predicted molar refractivity (Wildman–Crippen MR) is 134 cm³/mol. The van der Waals surface area contributed by atoms with Crippen LogP contribution in [-0.4, -0.2) is 48.0 Å². The first-order chi connectivity index (χ1) is 17.2. The van der Waals surface area contributed by atoms with Gasteiger partial charge in [0.25, 0.3) is 15.6 Å². The van der Waals surface area contributed by atoms with Crippen molar-refractivity contribution >= 4 is 32.5 Å². The fraction of sp³-hybridized carbons (Fsp3) is 0.208. The molecule has 0 saturated carbocycles. The summed E-state index contributed by atoms with van der Waals surface area (Å²) >= 11 is 0. The van der Waals surface area contributed by atoms with Gasteiger partial charge in [0.2, 0.25) is 11.8 Å². The number of carbonyl (C=O) groups excluding carboxylic acids is 1. The maximum absolute atomic E-state index is 13.1. The molecule has 0 unspecified atom stereocenters. The predicted octanol–water partition coefficient (Wildman–Crippen LogP) is 2.04. The molecule has 0 aliphatic heterocycles. The van der Waals surface area contributed by atoms with Crippen molar-refractivity contribution in [2.75, 3.05) is 18.9 Å². The van der Waals surface area contributed by atoms with Crippen molar-refractivity contribution in [2.45, 2.75) is 18.4 Å². The average Bonchev–Trinajstić information content (AvgIpc) is 2.89. The van der Waals surface area contributed by atoms with E-state index < -0.39 is 15.9 Å². The second-order valence-corrected chi connectivity index (χ2v) is 9.71. The number of rotatable bonds is 8. The van der Waals surface area contributed by atoms with Crippen LogP contribution in [0.4, 0.5) is 5.69 Å². The molecule has 1 atom stereocenters. The van der Waals surface area contributed by atoms with Crippen molar-refractivity contribution in [3.63, 3.8) is 0 Å². The molecule has 3 aromatic heterocycles. The number of hydrogen-bond acceptors (Lipinski definition) is 8. The van der Waals surface area contributed by atoms with Crippen molar-refractivity contribution in [2.24, 2.45) is 5.92 Å². The Labute approximate surface area is 207 Å². The molecule has 0 bridgehead atoms. The lowest BCUT2D eigenvalue weighted by Crippen LogP contribution is -2.32. The maximum atomic E-state index is 13.1. The summed E-state index contributed by atoms with van der Waals surface area (Å²) in [5.41, 5.74) is 1.50. The zero-order chi connectivity index (χ0) is 25.9. The molecule has 36 heavy (non-hydrogen) atoms. The van der Waals surface area contributed by atoms with E-state index >= 15 is 0 Å². The molecule has 0 radical (unpaired) electrons. The maximum Gasteiger partial charge on any atom is 0.263 e. The minimum atomic E-state index is -3.94. The fourth-order valence-electron chi connectivity index (χ4n) is 3.65. The van der Waals surface area contributed by atoms with Crippen LogP contribution in [0, 0.1) is 5.92 Å². The quantitative estimate of drug-likeness (QED) is 0.368. The number of methoxy groups -OCH3 is 1. The molecule has 1 aromatic carbocycles. The molecule has 1 amide bonds. The zero-order valence-electron chi connectivity index (χ0n) is 19.8. The first-order valence-electron chi connectivity index (χ1n) is 10.9. The van der Waals surface area contributed by atoms with Crippen LogP contribution in [0.15, 0.2) is 71.0 Å². The monoisotopic (exact) mass is 508 g/mol. The van der Waals surface area contributed by atoms with Crippen molar-refractivity contribution in [3.05, 3.63) is 71.7 Å². The Hall–Kier alpha value is -4.32. The van der Waals surface area contributed by atoms with E-state index in [1.807, 2.05) is 0 Å². The number of hydrogen-bond donors (Lipinski definition) is 2. The Morgan fingerprint density at radius 2 is 1.94 bits per heavy atom. The number of anilines is 1. The normalized spacial score (nSPS) is 12.2. The highest BCUT2D eigenvalue weighted by Gasteiger charge is 2.19. The molecule has 0 saturated heterocycles. The molecule has 0 aliphatic rings. The second-order valence-electron chi connectivity index (χ2n) is 8.02. The van der Waals surface area contributed by atoms with Gasteiger partial charge in [-0.1, -0.05) is 13.0 Å². The standard InChI is InChI=1S/C24H24N6O5S/c1-15(22(31)25-2)13-30-14-28-20-7-6-16(9-19(20)24(30)32)17-10-21(23(35-3)27-11-17)29-36(33,34)18-5-4-8-26-12-18/h4-12,14-15,29H,13H2,1-3H3,(H,25,31)/t15-/m1/s1. The molecule has 0 spiro atoms. The van der Waals surface area contributed by atoms with E-state index in [9.17, 15) is 18.0 Å². The number of nitrogens with one attached hydrogen (secondary N) is 2. The van der Waals surface area contributed by atoms with Gasteiger partial charge >= 0.3 is 0 Å². The zero-order valence-corrected chi connectivity index (χ0v) is 20.6. The first kappa shape index (κ1) is 24.8. The summed E-state index contributed by atoms with van der Waals surface area (Å²) in [6, 6.07) is 9.63. The van der Waals surface area contributed by atoms with E-state index in [0.29, 0.717) is 22.0 Å². The van der Waals surface area contributed by atoms with Gasteiger partial charge < -0.3 is 10.1 Å². The number of benzene rings is 1. The van der Waals surface area contributed by atoms with Crippen molar-refractivity contribution in [3.8, 4) is 17.0 Å². The van der Waals surface area contributed by atoms with Gasteiger partial charge in [0.1, 0.15) is 10.6 Å². The van der Waals surface area contributed by atoms with Crippen LogP contribution in [0.3, 0.4) is 0 Å². The number of carbonyl (C=O) groups is 1. The Kier molecular flexibility index (Phi) is 6.97. The molecular weight excluding hydrogens is 484 g/mol. The Balaban J connectivity index is 1.73. The summed E-state index contributed by atoms with van der Waals surface area (Å²) in [7, 11) is -1.02. The summed E-state index contributed by atoms with van der Waals surface area (Å²) in [4.78, 5) is 37.4. The lowest BCUT2D eigenvalue weighted by molar-refractivity contribution is -0.124. The molecule has 4 rings (SSSR count). The van der Waals surface area contributed by atoms with E-state index in [2.05, 4.69) is 25.0 Å². The number of fused-ring (bicyclic) bond motifs is 1. The Bertz CT molecular complexity index is 1590. The molecule has 4 aromatic rings. The summed E-state index contributed by atoms with van der Waals surface area (Å²) in [6.07, 6.45) is 5.65. The SMILES string of the molecule is CNC(=O)[C@H](C)Cn1cnc2ccc(-c3cnc(OC)c(NS(=O)(=O)c4cccnc4)c3)cc2c1=O. The van der Waals surface area contributed by atoms with Gasteiger partial charge in [0, 0.05) is 37.7 Å². The molecule has 3 heterocycles. The van der Waals surface area contributed by atoms with Gasteiger partial charge in [-0.2, -0.15) is 0 Å². The fourth-order valence-corrected chi connectivity index (χ4v) is 4.66. The lowest BCUT2D eigenvalue weighted by Gasteiger charge is -2.14. The first-order valence-corrected chi connectivity index (χ1v) is 12.4. The Morgan fingerprint density at radius 3 is 2.64 bits per heavy atom. The highest BCUT2D eigenvalue weighted by Crippen LogP contribution is 2.30. The molecule has 0 fully saturated rings. The minimum Gasteiger partial charge on any atom is -0.480 e. The van der Waals surface area contributed by atoms with Crippen LogP contribution in [0.1, 0.15) is 6.92 Å². The molecule has 12 heteroatoms. The number of sulfonamides is 1. The van der Waals surface area contributed by atoms with Crippen LogP contribution in [0.5, 0.6) is 5.88 Å². The summed E-state index contributed by atoms with van der Waals surface area (Å²) in [5, 5.41) is 2.92. The van der Waals surface area contributed by atoms with Gasteiger partial charge in [-0.05, 0) is 35.9 Å². The number of amides is 1. The van der Waals surface area contributed by atoms with E-state index in [1.54, 1.807) is 38.2 Å². The summed E-state index contributed by atoms with van der Waals surface area (Å²) in [5.74, 6) is -0.517. The van der Waals surface area contributed by atoms with Crippen LogP contribution < -0.4 is 20.3 Å². The average molecular weight is 509 g/mol. The largest absolute Gasteiger partial charge is 0.480 e. The second kappa shape index (κ2) is 10.1. The molecular formula is C24H24N6O5S. The van der Waals surface area contributed by atoms with Crippen LogP contribution in [-0.2, 0) is 21.4 Å². The van der Waals surface area contributed by atoms with Gasteiger partial charge in [-0.3, -0.25) is 23.9 Å². The molecule has 11 nitrogen and oxygen atoms in total. The van der Waals surface area contributed by atoms with E-state index in [-0.39, 0.29) is 34.5 Å². The van der Waals surface area contributed by atoms with Gasteiger partial charge in [-0.15, -0.1) is 0 Å². The third-order valence-corrected chi connectivity index (χ3v) is 6.91. The topological polar surface area (TPSA) is 145 Å². The van der Waals surface area contributed by atoms with Gasteiger partial charge in [0.05, 0.1) is 30.3 Å². The van der Waals surface area contributed by atoms with Gasteiger partial charge in [-0.25, -0.2) is 18.4 Å². The van der Waals surface area contributed by atoms with E-state index in [1.165, 1.54) is 48.7 Å². The van der Waals surface area contributed by atoms with E-state index in [0.717, 1.165) is 0 Å². The Morgan fingerprint density at radius 1 is 1.14 bits per heavy atom. The highest BCUT2D eigenvalue weighted by atomic mass is 32.2. The lowest BCUT2D eigenvalue weighted by atomic mass is 10.0. The third-order valence-electron chi connectivity index (χ3n) is 5.56. The summed E-state index contributed by atoms with van der Waals surface area (Å²) in [6.45, 7) is 1.90. The molecule has 0 aliphatic carbocycles. The summed E-state index contributed by atoms with van der Waals surface area (Å²) < 4.78 is 34.8. The number of ether oxygens (including phenoxy) is 1. The number of aromatic nitrogens is 4. The van der Waals surface area contributed by atoms with Crippen molar-refractivity contribution in [1.29, 1.82) is 0 Å². The number of pyridine rings is 2. The number of nitrogens with zero attached hydrogens (tertiary/aromatic N) is 4. The van der Waals surface area contributed by atoms with Crippen molar-refractivity contribution in [1.82, 2.24) is 24.8 Å². The third kappa shape index (κ3) is 5.03. The van der Waals surface area contributed by atoms with Crippen LogP contribution >= 0.6 is 0 Å².